The first-order valence-corrected chi connectivity index (χ1v) is 13.0. The van der Waals surface area contributed by atoms with E-state index in [9.17, 15) is 9.59 Å². The van der Waals surface area contributed by atoms with Crippen molar-refractivity contribution < 1.29 is 40.2 Å². The second-order valence-electron chi connectivity index (χ2n) is 9.52. The van der Waals surface area contributed by atoms with Gasteiger partial charge in [0.25, 0.3) is 0 Å². The van der Waals surface area contributed by atoms with Crippen LogP contribution in [0.3, 0.4) is 0 Å². The van der Waals surface area contributed by atoms with E-state index in [1.807, 2.05) is 0 Å². The minimum absolute atomic E-state index is 0.0451. The van der Waals surface area contributed by atoms with Crippen LogP contribution >= 0.6 is 0 Å². The van der Waals surface area contributed by atoms with Crippen molar-refractivity contribution in [2.45, 2.75) is 123 Å². The van der Waals surface area contributed by atoms with Crippen LogP contribution in [0.1, 0.15) is 123 Å². The van der Waals surface area contributed by atoms with E-state index in [-0.39, 0.29) is 31.5 Å². The molecule has 0 saturated carbocycles. The van der Waals surface area contributed by atoms with Crippen molar-refractivity contribution >= 4 is 11.9 Å². The SMILES string of the molecule is CC(C)(CO)CO.O=C(O)CCCCCCCCCCC(=O)O.OCCCCCCCCCO. The molecule has 0 bridgehead atoms. The molecule has 0 aromatic heterocycles. The standard InChI is InChI=1S/C12H22O4.C9H20O2.C5H12O2/c13-11(14)9-7-5-3-1-2-4-6-8-10-12(15)16;10-8-6-4-2-1-3-5-7-9-11;1-5(2,3-6)4-7/h1-10H2,(H,13,14)(H,15,16);10-11H,1-9H2;6-7H,3-4H2,1-2H3. The maximum atomic E-state index is 10.2. The van der Waals surface area contributed by atoms with Crippen molar-refractivity contribution in [2.75, 3.05) is 26.4 Å². The molecule has 0 spiro atoms. The van der Waals surface area contributed by atoms with Crippen LogP contribution in [0, 0.1) is 5.41 Å². The van der Waals surface area contributed by atoms with Gasteiger partial charge in [-0.1, -0.05) is 84.5 Å². The van der Waals surface area contributed by atoms with Gasteiger partial charge in [0.1, 0.15) is 0 Å². The van der Waals surface area contributed by atoms with Gasteiger partial charge in [-0.15, -0.1) is 0 Å². The minimum atomic E-state index is -0.714. The van der Waals surface area contributed by atoms with Crippen LogP contribution in [0.4, 0.5) is 0 Å². The molecule has 0 fully saturated rings. The Kier molecular flexibility index (Phi) is 32.7. The molecular formula is C26H54O8. The molecule has 0 aliphatic rings. The molecule has 34 heavy (non-hydrogen) atoms. The zero-order valence-electron chi connectivity index (χ0n) is 21.8. The van der Waals surface area contributed by atoms with E-state index in [1.54, 1.807) is 13.8 Å². The largest absolute Gasteiger partial charge is 0.481 e. The highest BCUT2D eigenvalue weighted by molar-refractivity contribution is 5.66. The number of carbonyl (C=O) groups is 2. The quantitative estimate of drug-likeness (QED) is 0.125. The lowest BCUT2D eigenvalue weighted by molar-refractivity contribution is -0.138. The van der Waals surface area contributed by atoms with Gasteiger partial charge in [-0.25, -0.2) is 0 Å². The van der Waals surface area contributed by atoms with Crippen LogP contribution < -0.4 is 0 Å². The number of aliphatic hydroxyl groups is 4. The van der Waals surface area contributed by atoms with Gasteiger partial charge in [0.2, 0.25) is 0 Å². The number of hydrogen-bond donors (Lipinski definition) is 6. The fourth-order valence-corrected chi connectivity index (χ4v) is 2.77. The van der Waals surface area contributed by atoms with Crippen molar-refractivity contribution in [1.82, 2.24) is 0 Å². The van der Waals surface area contributed by atoms with Gasteiger partial charge in [0.15, 0.2) is 0 Å². The zero-order valence-corrected chi connectivity index (χ0v) is 21.8. The summed E-state index contributed by atoms with van der Waals surface area (Å²) < 4.78 is 0. The van der Waals surface area contributed by atoms with Crippen LogP contribution in [0.2, 0.25) is 0 Å². The fraction of sp³-hybridized carbons (Fsp3) is 0.923. The lowest BCUT2D eigenvalue weighted by Crippen LogP contribution is -2.20. The smallest absolute Gasteiger partial charge is 0.303 e. The number of unbranched alkanes of at least 4 members (excludes halogenated alkanes) is 13. The topological polar surface area (TPSA) is 156 Å². The van der Waals surface area contributed by atoms with Gasteiger partial charge in [-0.3, -0.25) is 9.59 Å². The summed E-state index contributed by atoms with van der Waals surface area (Å²) in [6, 6.07) is 0. The molecule has 8 heteroatoms. The number of rotatable bonds is 21. The summed E-state index contributed by atoms with van der Waals surface area (Å²) in [6.07, 6.45) is 16.4. The predicted octanol–water partition coefficient (Wildman–Crippen LogP) is 4.76. The Balaban J connectivity index is -0.000000462. The Morgan fingerprint density at radius 3 is 0.882 bits per heavy atom. The average molecular weight is 495 g/mol. The van der Waals surface area contributed by atoms with E-state index in [1.165, 1.54) is 19.3 Å². The van der Waals surface area contributed by atoms with Gasteiger partial charge < -0.3 is 30.6 Å². The van der Waals surface area contributed by atoms with E-state index in [0.717, 1.165) is 77.0 Å². The Morgan fingerprint density at radius 1 is 0.471 bits per heavy atom. The summed E-state index contributed by atoms with van der Waals surface area (Å²) in [5.41, 5.74) is -0.306. The van der Waals surface area contributed by atoms with Gasteiger partial charge in [0, 0.05) is 31.5 Å². The summed E-state index contributed by atoms with van der Waals surface area (Å²) in [4.78, 5) is 20.4. The Morgan fingerprint density at radius 2 is 0.706 bits per heavy atom. The molecule has 0 aliphatic carbocycles. The van der Waals surface area contributed by atoms with Crippen molar-refractivity contribution in [3.63, 3.8) is 0 Å². The van der Waals surface area contributed by atoms with Crippen molar-refractivity contribution in [2.24, 2.45) is 5.41 Å². The van der Waals surface area contributed by atoms with Crippen LogP contribution in [0.25, 0.3) is 0 Å². The third-order valence-corrected chi connectivity index (χ3v) is 5.20. The summed E-state index contributed by atoms with van der Waals surface area (Å²) in [5, 5.41) is 50.6. The van der Waals surface area contributed by atoms with E-state index in [4.69, 9.17) is 30.6 Å². The fourth-order valence-electron chi connectivity index (χ4n) is 2.77. The summed E-state index contributed by atoms with van der Waals surface area (Å²) >= 11 is 0. The molecule has 0 aromatic carbocycles. The van der Waals surface area contributed by atoms with Gasteiger partial charge in [0.05, 0.1) is 13.2 Å². The molecule has 0 amide bonds. The van der Waals surface area contributed by atoms with E-state index < -0.39 is 11.9 Å². The molecule has 8 nitrogen and oxygen atoms in total. The van der Waals surface area contributed by atoms with Gasteiger partial charge in [-0.05, 0) is 25.7 Å². The number of carboxylic acids is 2. The van der Waals surface area contributed by atoms with Crippen molar-refractivity contribution in [1.29, 1.82) is 0 Å². The molecule has 0 aromatic rings. The Labute approximate surface area is 207 Å². The van der Waals surface area contributed by atoms with Crippen LogP contribution in [-0.2, 0) is 9.59 Å². The third kappa shape index (κ3) is 41.1. The molecule has 0 rings (SSSR count). The lowest BCUT2D eigenvalue weighted by Gasteiger charge is -2.16. The molecule has 6 N–H and O–H groups in total. The molecule has 0 heterocycles. The van der Waals surface area contributed by atoms with Crippen molar-refractivity contribution in [3.8, 4) is 0 Å². The minimum Gasteiger partial charge on any atom is -0.481 e. The monoisotopic (exact) mass is 494 g/mol. The third-order valence-electron chi connectivity index (χ3n) is 5.20. The first kappa shape index (κ1) is 37.3. The first-order valence-electron chi connectivity index (χ1n) is 13.0. The zero-order chi connectivity index (χ0) is 26.5. The molecule has 0 atom stereocenters. The summed E-state index contributed by atoms with van der Waals surface area (Å²) in [7, 11) is 0. The Hall–Kier alpha value is -1.22. The van der Waals surface area contributed by atoms with Crippen molar-refractivity contribution in [3.05, 3.63) is 0 Å². The molecular weight excluding hydrogens is 440 g/mol. The molecule has 206 valence electrons. The highest BCUT2D eigenvalue weighted by Gasteiger charge is 2.13. The van der Waals surface area contributed by atoms with Crippen LogP contribution in [-0.4, -0.2) is 69.0 Å². The molecule has 0 radical (unpaired) electrons. The average Bonchev–Trinajstić information content (AvgIpc) is 2.80. The Bertz CT molecular complexity index is 391. The number of hydrogen-bond acceptors (Lipinski definition) is 6. The molecule has 0 aliphatic heterocycles. The first-order chi connectivity index (χ1) is 16.2. The second kappa shape index (κ2) is 29.8. The number of aliphatic hydroxyl groups excluding tert-OH is 4. The van der Waals surface area contributed by atoms with E-state index >= 15 is 0 Å². The molecule has 0 unspecified atom stereocenters. The van der Waals surface area contributed by atoms with Crippen LogP contribution in [0.15, 0.2) is 0 Å². The summed E-state index contributed by atoms with van der Waals surface area (Å²) in [5.74, 6) is -1.43. The second-order valence-corrected chi connectivity index (χ2v) is 9.52. The normalized spacial score (nSPS) is 10.6. The number of aliphatic carboxylic acids is 2. The predicted molar refractivity (Wildman–Crippen MR) is 136 cm³/mol. The van der Waals surface area contributed by atoms with Crippen LogP contribution in [0.5, 0.6) is 0 Å². The van der Waals surface area contributed by atoms with E-state index in [0.29, 0.717) is 13.2 Å². The summed E-state index contributed by atoms with van der Waals surface area (Å²) in [6.45, 7) is 4.35. The van der Waals surface area contributed by atoms with Gasteiger partial charge >= 0.3 is 11.9 Å². The maximum absolute atomic E-state index is 10.2. The molecule has 0 saturated heterocycles. The lowest BCUT2D eigenvalue weighted by atomic mass is 9.97. The highest BCUT2D eigenvalue weighted by atomic mass is 16.4. The number of carboxylic acid groups (broad SMARTS) is 2. The maximum Gasteiger partial charge on any atom is 0.303 e. The highest BCUT2D eigenvalue weighted by Crippen LogP contribution is 2.11. The van der Waals surface area contributed by atoms with E-state index in [2.05, 4.69) is 0 Å². The van der Waals surface area contributed by atoms with Gasteiger partial charge in [-0.2, -0.15) is 0 Å².